The number of amides is 2. The predicted octanol–water partition coefficient (Wildman–Crippen LogP) is 4.68. The van der Waals surface area contributed by atoms with Gasteiger partial charge in [-0.2, -0.15) is 0 Å². The second kappa shape index (κ2) is 9.90. The van der Waals surface area contributed by atoms with E-state index in [0.29, 0.717) is 18.8 Å². The van der Waals surface area contributed by atoms with Gasteiger partial charge in [-0.3, -0.25) is 9.59 Å². The number of hydrogen-bond donors (Lipinski definition) is 2. The highest BCUT2D eigenvalue weighted by Gasteiger charge is 2.24. The first-order chi connectivity index (χ1) is 15.5. The third kappa shape index (κ3) is 5.13. The number of benzene rings is 2. The van der Waals surface area contributed by atoms with E-state index in [1.807, 2.05) is 54.4 Å². The molecule has 0 spiro atoms. The lowest BCUT2D eigenvalue weighted by atomic mass is 9.92. The molecule has 1 unspecified atom stereocenters. The number of aryl methyl sites for hydroxylation is 1. The molecular weight excluding hydrogens is 402 g/mol. The van der Waals surface area contributed by atoms with E-state index in [9.17, 15) is 9.59 Å². The molecule has 1 saturated heterocycles. The van der Waals surface area contributed by atoms with Gasteiger partial charge in [-0.1, -0.05) is 18.2 Å². The Balaban J connectivity index is 1.28. The molecule has 1 fully saturated rings. The van der Waals surface area contributed by atoms with Gasteiger partial charge in [0, 0.05) is 42.3 Å². The van der Waals surface area contributed by atoms with E-state index in [2.05, 4.69) is 16.4 Å². The van der Waals surface area contributed by atoms with Gasteiger partial charge in [-0.15, -0.1) is 0 Å². The van der Waals surface area contributed by atoms with Crippen molar-refractivity contribution >= 4 is 28.4 Å². The van der Waals surface area contributed by atoms with Crippen molar-refractivity contribution in [2.24, 2.45) is 5.92 Å². The Hall–Kier alpha value is -3.28. The van der Waals surface area contributed by atoms with Gasteiger partial charge >= 0.3 is 0 Å². The van der Waals surface area contributed by atoms with Gasteiger partial charge < -0.3 is 19.9 Å². The van der Waals surface area contributed by atoms with Crippen LogP contribution in [-0.4, -0.2) is 41.9 Å². The lowest BCUT2D eigenvalue weighted by molar-refractivity contribution is -0.132. The number of para-hydroxylation sites is 1. The van der Waals surface area contributed by atoms with Crippen LogP contribution in [0.5, 0.6) is 5.75 Å². The summed E-state index contributed by atoms with van der Waals surface area (Å²) in [6.07, 6.45) is 5.65. The van der Waals surface area contributed by atoms with Crippen molar-refractivity contribution in [2.45, 2.75) is 39.0 Å². The van der Waals surface area contributed by atoms with Crippen LogP contribution in [0, 0.1) is 12.8 Å². The molecule has 1 aliphatic heterocycles. The zero-order valence-corrected chi connectivity index (χ0v) is 18.8. The Morgan fingerprint density at radius 2 is 2.06 bits per heavy atom. The highest BCUT2D eigenvalue weighted by Crippen LogP contribution is 2.25. The number of nitrogens with zero attached hydrogens (tertiary/aromatic N) is 1. The number of H-pyrrole nitrogens is 1. The summed E-state index contributed by atoms with van der Waals surface area (Å²) in [5.41, 5.74) is 3.89. The fourth-order valence-electron chi connectivity index (χ4n) is 4.53. The van der Waals surface area contributed by atoms with Crippen molar-refractivity contribution < 1.29 is 14.3 Å². The first-order valence-electron chi connectivity index (χ1n) is 11.3. The molecule has 4 rings (SSSR count). The number of aromatic amines is 1. The molecule has 0 saturated carbocycles. The predicted molar refractivity (Wildman–Crippen MR) is 127 cm³/mol. The van der Waals surface area contributed by atoms with Crippen molar-refractivity contribution in [1.82, 2.24) is 9.88 Å². The normalized spacial score (nSPS) is 16.2. The summed E-state index contributed by atoms with van der Waals surface area (Å²) in [4.78, 5) is 30.7. The number of carbonyl (C=O) groups excluding carboxylic acids is 2. The van der Waals surface area contributed by atoms with Gasteiger partial charge in [0.05, 0.1) is 13.5 Å². The third-order valence-electron chi connectivity index (χ3n) is 6.38. The molecule has 1 aliphatic rings. The summed E-state index contributed by atoms with van der Waals surface area (Å²) in [7, 11) is 1.63. The first-order valence-corrected chi connectivity index (χ1v) is 11.3. The van der Waals surface area contributed by atoms with Crippen molar-refractivity contribution in [3.63, 3.8) is 0 Å². The van der Waals surface area contributed by atoms with E-state index in [1.54, 1.807) is 7.11 Å². The number of piperidine rings is 1. The van der Waals surface area contributed by atoms with Crippen LogP contribution >= 0.6 is 0 Å². The van der Waals surface area contributed by atoms with E-state index in [4.69, 9.17) is 4.74 Å². The standard InChI is InChI=1S/C26H31N3O3/c1-18-14-21(32-2)10-11-23(18)28-25(30)12-9-19-6-5-13-29(17-19)26(31)15-20-16-27-24-8-4-3-7-22(20)24/h3-4,7-8,10-11,14,16,19,27H,5-6,9,12-13,15,17H2,1-2H3,(H,28,30). The fraction of sp³-hybridized carbons (Fsp3) is 0.385. The maximum atomic E-state index is 12.9. The van der Waals surface area contributed by atoms with Crippen LogP contribution in [0.25, 0.3) is 10.9 Å². The molecule has 3 aromatic rings. The minimum atomic E-state index is 0.0144. The van der Waals surface area contributed by atoms with E-state index in [1.165, 1.54) is 0 Å². The molecule has 0 bridgehead atoms. The summed E-state index contributed by atoms with van der Waals surface area (Å²) in [5.74, 6) is 1.32. The number of carbonyl (C=O) groups is 2. The number of ether oxygens (including phenoxy) is 1. The lowest BCUT2D eigenvalue weighted by Gasteiger charge is -2.33. The molecule has 168 valence electrons. The molecule has 2 N–H and O–H groups in total. The minimum Gasteiger partial charge on any atom is -0.497 e. The second-order valence-electron chi connectivity index (χ2n) is 8.65. The van der Waals surface area contributed by atoms with Crippen LogP contribution in [0.2, 0.25) is 0 Å². The van der Waals surface area contributed by atoms with Crippen LogP contribution < -0.4 is 10.1 Å². The number of fused-ring (bicyclic) bond motifs is 1. The molecule has 2 amide bonds. The van der Waals surface area contributed by atoms with Crippen LogP contribution in [0.15, 0.2) is 48.7 Å². The van der Waals surface area contributed by atoms with Crippen molar-refractivity contribution in [2.75, 3.05) is 25.5 Å². The summed E-state index contributed by atoms with van der Waals surface area (Å²) in [6.45, 7) is 3.49. The van der Waals surface area contributed by atoms with E-state index in [-0.39, 0.29) is 11.8 Å². The van der Waals surface area contributed by atoms with Gasteiger partial charge in [-0.05, 0) is 67.5 Å². The number of likely N-dealkylation sites (tertiary alicyclic amines) is 1. The molecule has 1 aromatic heterocycles. The van der Waals surface area contributed by atoms with E-state index >= 15 is 0 Å². The summed E-state index contributed by atoms with van der Waals surface area (Å²) in [5, 5.41) is 4.11. The smallest absolute Gasteiger partial charge is 0.227 e. The molecular formula is C26H31N3O3. The van der Waals surface area contributed by atoms with Gasteiger partial charge in [0.25, 0.3) is 0 Å². The summed E-state index contributed by atoms with van der Waals surface area (Å²) in [6, 6.07) is 13.7. The fourth-order valence-corrected chi connectivity index (χ4v) is 4.53. The van der Waals surface area contributed by atoms with E-state index in [0.717, 1.165) is 65.8 Å². The molecule has 32 heavy (non-hydrogen) atoms. The molecule has 0 aliphatic carbocycles. The number of rotatable bonds is 7. The summed E-state index contributed by atoms with van der Waals surface area (Å²) >= 11 is 0. The maximum absolute atomic E-state index is 12.9. The quantitative estimate of drug-likeness (QED) is 0.568. The number of hydrogen-bond acceptors (Lipinski definition) is 3. The minimum absolute atomic E-state index is 0.0144. The van der Waals surface area contributed by atoms with Crippen molar-refractivity contribution in [1.29, 1.82) is 0 Å². The van der Waals surface area contributed by atoms with Gasteiger partial charge in [0.2, 0.25) is 11.8 Å². The molecule has 6 heteroatoms. The third-order valence-corrected chi connectivity index (χ3v) is 6.38. The summed E-state index contributed by atoms with van der Waals surface area (Å²) < 4.78 is 5.22. The van der Waals surface area contributed by atoms with E-state index < -0.39 is 0 Å². The molecule has 1 atom stereocenters. The zero-order valence-electron chi connectivity index (χ0n) is 18.8. The number of aromatic nitrogens is 1. The van der Waals surface area contributed by atoms with Crippen LogP contribution in [-0.2, 0) is 16.0 Å². The monoisotopic (exact) mass is 433 g/mol. The highest BCUT2D eigenvalue weighted by atomic mass is 16.5. The molecule has 2 heterocycles. The van der Waals surface area contributed by atoms with Crippen LogP contribution in [0.3, 0.4) is 0 Å². The first kappa shape index (κ1) is 21.9. The van der Waals surface area contributed by atoms with Crippen LogP contribution in [0.1, 0.15) is 36.8 Å². The Morgan fingerprint density at radius 1 is 1.22 bits per heavy atom. The Bertz CT molecular complexity index is 1100. The van der Waals surface area contributed by atoms with Gasteiger partial charge in [0.15, 0.2) is 0 Å². The number of methoxy groups -OCH3 is 1. The topological polar surface area (TPSA) is 74.4 Å². The Kier molecular flexibility index (Phi) is 6.78. The maximum Gasteiger partial charge on any atom is 0.227 e. The largest absolute Gasteiger partial charge is 0.497 e. The lowest BCUT2D eigenvalue weighted by Crippen LogP contribution is -2.40. The highest BCUT2D eigenvalue weighted by molar-refractivity contribution is 5.91. The van der Waals surface area contributed by atoms with Crippen LogP contribution in [0.4, 0.5) is 5.69 Å². The SMILES string of the molecule is COc1ccc(NC(=O)CCC2CCCN(C(=O)Cc3c[nH]c4ccccc34)C2)c(C)c1. The van der Waals surface area contributed by atoms with Gasteiger partial charge in [0.1, 0.15) is 5.75 Å². The Labute approximate surface area is 188 Å². The van der Waals surface area contributed by atoms with Crippen molar-refractivity contribution in [3.05, 3.63) is 59.8 Å². The zero-order chi connectivity index (χ0) is 22.5. The number of anilines is 1. The Morgan fingerprint density at radius 3 is 2.88 bits per heavy atom. The molecule has 0 radical (unpaired) electrons. The van der Waals surface area contributed by atoms with Gasteiger partial charge in [-0.25, -0.2) is 0 Å². The molecule has 6 nitrogen and oxygen atoms in total. The second-order valence-corrected chi connectivity index (χ2v) is 8.65. The van der Waals surface area contributed by atoms with Crippen molar-refractivity contribution in [3.8, 4) is 5.75 Å². The average molecular weight is 434 g/mol. The molecule has 2 aromatic carbocycles. The number of nitrogens with one attached hydrogen (secondary N) is 2. The average Bonchev–Trinajstić information content (AvgIpc) is 3.22.